The minimum Gasteiger partial charge on any atom is -0.309 e. The van der Waals surface area contributed by atoms with Crippen LogP contribution in [-0.4, -0.2) is 45.3 Å². The third kappa shape index (κ3) is 7.94. The first-order chi connectivity index (χ1) is 7.04. The lowest BCUT2D eigenvalue weighted by Crippen LogP contribution is -2.21. The predicted octanol–water partition coefficient (Wildman–Crippen LogP) is 1.71. The second kappa shape index (κ2) is 8.25. The fourth-order valence-electron chi connectivity index (χ4n) is 1.08. The predicted molar refractivity (Wildman–Crippen MR) is 62.0 cm³/mol. The molecule has 0 aliphatic carbocycles. The van der Waals surface area contributed by atoms with Crippen molar-refractivity contribution in [1.29, 1.82) is 0 Å². The van der Waals surface area contributed by atoms with E-state index in [1.807, 2.05) is 14.1 Å². The van der Waals surface area contributed by atoms with E-state index in [1.54, 1.807) is 13.8 Å². The van der Waals surface area contributed by atoms with Crippen molar-refractivity contribution in [2.24, 2.45) is 0 Å². The SMILES string of the molecule is CCOP(=O)(NCCCN(C)C)OCC. The molecule has 0 radical (unpaired) electrons. The summed E-state index contributed by atoms with van der Waals surface area (Å²) in [5, 5.41) is 2.84. The van der Waals surface area contributed by atoms with Gasteiger partial charge < -0.3 is 4.90 Å². The fourth-order valence-corrected chi connectivity index (χ4v) is 2.45. The third-order valence-corrected chi connectivity index (χ3v) is 3.49. The minimum absolute atomic E-state index is 0.387. The molecule has 0 saturated carbocycles. The molecule has 0 aliphatic rings. The lowest BCUT2D eigenvalue weighted by atomic mass is 10.4. The summed E-state index contributed by atoms with van der Waals surface area (Å²) in [7, 11) is 0.961. The van der Waals surface area contributed by atoms with Gasteiger partial charge in [-0.1, -0.05) is 0 Å². The Labute approximate surface area is 92.7 Å². The van der Waals surface area contributed by atoms with E-state index in [1.165, 1.54) is 0 Å². The molecule has 6 heteroatoms. The zero-order chi connectivity index (χ0) is 11.7. The molecule has 1 N–H and O–H groups in total. The van der Waals surface area contributed by atoms with Crippen molar-refractivity contribution in [1.82, 2.24) is 9.99 Å². The number of nitrogens with zero attached hydrogens (tertiary/aromatic N) is 1. The van der Waals surface area contributed by atoms with Crippen molar-refractivity contribution >= 4 is 7.75 Å². The second-order valence-electron chi connectivity index (χ2n) is 3.40. The van der Waals surface area contributed by atoms with Crippen LogP contribution in [0.25, 0.3) is 0 Å². The van der Waals surface area contributed by atoms with E-state index in [2.05, 4.69) is 9.99 Å². The Morgan fingerprint density at radius 1 is 1.20 bits per heavy atom. The van der Waals surface area contributed by atoms with E-state index in [4.69, 9.17) is 9.05 Å². The molecule has 0 atom stereocenters. The van der Waals surface area contributed by atoms with Crippen molar-refractivity contribution in [3.8, 4) is 0 Å². The summed E-state index contributed by atoms with van der Waals surface area (Å²) in [6.45, 7) is 5.96. The van der Waals surface area contributed by atoms with Crippen LogP contribution in [0.3, 0.4) is 0 Å². The Morgan fingerprint density at radius 2 is 1.73 bits per heavy atom. The van der Waals surface area contributed by atoms with E-state index in [-0.39, 0.29) is 0 Å². The van der Waals surface area contributed by atoms with Crippen LogP contribution >= 0.6 is 7.75 Å². The molecule has 0 fully saturated rings. The summed E-state index contributed by atoms with van der Waals surface area (Å²) in [5.41, 5.74) is 0. The molecule has 0 unspecified atom stereocenters. The minimum atomic E-state index is -3.05. The number of nitrogens with one attached hydrogen (secondary N) is 1. The van der Waals surface area contributed by atoms with Gasteiger partial charge in [0.05, 0.1) is 13.2 Å². The van der Waals surface area contributed by atoms with Crippen LogP contribution in [0, 0.1) is 0 Å². The van der Waals surface area contributed by atoms with Gasteiger partial charge in [0.25, 0.3) is 0 Å². The average molecular weight is 238 g/mol. The maximum atomic E-state index is 11.9. The zero-order valence-electron chi connectivity index (χ0n) is 10.2. The van der Waals surface area contributed by atoms with Gasteiger partial charge in [0.1, 0.15) is 0 Å². The Balaban J connectivity index is 3.80. The van der Waals surface area contributed by atoms with Gasteiger partial charge in [-0.15, -0.1) is 0 Å². The first-order valence-electron chi connectivity index (χ1n) is 5.33. The monoisotopic (exact) mass is 238 g/mol. The fraction of sp³-hybridized carbons (Fsp3) is 1.00. The number of hydrogen-bond acceptors (Lipinski definition) is 4. The van der Waals surface area contributed by atoms with E-state index < -0.39 is 7.75 Å². The summed E-state index contributed by atoms with van der Waals surface area (Å²) >= 11 is 0. The molecule has 0 rings (SSSR count). The molecule has 0 aromatic carbocycles. The van der Waals surface area contributed by atoms with Gasteiger partial charge in [0.2, 0.25) is 0 Å². The molecule has 0 amide bonds. The molecule has 0 aromatic rings. The molecular weight excluding hydrogens is 215 g/mol. The van der Waals surface area contributed by atoms with Crippen molar-refractivity contribution < 1.29 is 13.6 Å². The standard InChI is InChI=1S/C9H23N2O3P/c1-5-13-15(12,14-6-2)10-8-7-9-11(3)4/h5-9H2,1-4H3,(H,10,12). The summed E-state index contributed by atoms with van der Waals surface area (Å²) in [6, 6.07) is 0. The maximum absolute atomic E-state index is 11.9. The molecule has 0 saturated heterocycles. The first kappa shape index (κ1) is 15.1. The van der Waals surface area contributed by atoms with Crippen LogP contribution in [0.2, 0.25) is 0 Å². The van der Waals surface area contributed by atoms with Crippen molar-refractivity contribution in [2.45, 2.75) is 20.3 Å². The lowest BCUT2D eigenvalue weighted by Gasteiger charge is -2.18. The first-order valence-corrected chi connectivity index (χ1v) is 6.87. The van der Waals surface area contributed by atoms with Crippen molar-refractivity contribution in [2.75, 3.05) is 40.4 Å². The van der Waals surface area contributed by atoms with Crippen LogP contribution in [0.1, 0.15) is 20.3 Å². The summed E-state index contributed by atoms with van der Waals surface area (Å²) < 4.78 is 22.1. The molecule has 0 bridgehead atoms. The highest BCUT2D eigenvalue weighted by molar-refractivity contribution is 7.51. The molecule has 92 valence electrons. The van der Waals surface area contributed by atoms with Crippen LogP contribution in [0.4, 0.5) is 0 Å². The van der Waals surface area contributed by atoms with Gasteiger partial charge in [0, 0.05) is 6.54 Å². The Kier molecular flexibility index (Phi) is 8.29. The Morgan fingerprint density at radius 3 is 2.13 bits per heavy atom. The highest BCUT2D eigenvalue weighted by Crippen LogP contribution is 2.42. The molecule has 0 aromatic heterocycles. The van der Waals surface area contributed by atoms with Gasteiger partial charge in [-0.25, -0.2) is 9.65 Å². The maximum Gasteiger partial charge on any atom is 0.405 e. The van der Waals surface area contributed by atoms with Gasteiger partial charge in [-0.3, -0.25) is 9.05 Å². The van der Waals surface area contributed by atoms with Gasteiger partial charge >= 0.3 is 7.75 Å². The second-order valence-corrected chi connectivity index (χ2v) is 5.23. The third-order valence-electron chi connectivity index (χ3n) is 1.69. The van der Waals surface area contributed by atoms with Crippen molar-refractivity contribution in [3.63, 3.8) is 0 Å². The molecule has 0 spiro atoms. The Hall–Kier alpha value is 0.0700. The molecule has 5 nitrogen and oxygen atoms in total. The average Bonchev–Trinajstić information content (AvgIpc) is 2.13. The summed E-state index contributed by atoms with van der Waals surface area (Å²) in [4.78, 5) is 2.08. The highest BCUT2D eigenvalue weighted by atomic mass is 31.2. The van der Waals surface area contributed by atoms with Crippen LogP contribution < -0.4 is 5.09 Å². The van der Waals surface area contributed by atoms with E-state index in [0.29, 0.717) is 19.8 Å². The van der Waals surface area contributed by atoms with Gasteiger partial charge in [-0.2, -0.15) is 0 Å². The lowest BCUT2D eigenvalue weighted by molar-refractivity contribution is 0.210. The van der Waals surface area contributed by atoms with E-state index in [0.717, 1.165) is 13.0 Å². The Bertz CT molecular complexity index is 190. The van der Waals surface area contributed by atoms with E-state index in [9.17, 15) is 4.57 Å². The molecule has 15 heavy (non-hydrogen) atoms. The van der Waals surface area contributed by atoms with Gasteiger partial charge in [0.15, 0.2) is 0 Å². The van der Waals surface area contributed by atoms with Crippen LogP contribution in [-0.2, 0) is 13.6 Å². The van der Waals surface area contributed by atoms with Gasteiger partial charge in [-0.05, 0) is 40.9 Å². The molecular formula is C9H23N2O3P. The molecule has 0 aliphatic heterocycles. The quantitative estimate of drug-likeness (QED) is 0.489. The highest BCUT2D eigenvalue weighted by Gasteiger charge is 2.21. The summed E-state index contributed by atoms with van der Waals surface area (Å²) in [6.07, 6.45) is 0.914. The summed E-state index contributed by atoms with van der Waals surface area (Å²) in [5.74, 6) is 0. The van der Waals surface area contributed by atoms with Crippen LogP contribution in [0.5, 0.6) is 0 Å². The normalized spacial score (nSPS) is 12.3. The van der Waals surface area contributed by atoms with E-state index >= 15 is 0 Å². The molecule has 0 heterocycles. The zero-order valence-corrected chi connectivity index (χ0v) is 11.0. The smallest absolute Gasteiger partial charge is 0.309 e. The number of rotatable bonds is 9. The largest absolute Gasteiger partial charge is 0.405 e. The number of hydrogen-bond donors (Lipinski definition) is 1. The topological polar surface area (TPSA) is 50.8 Å². The van der Waals surface area contributed by atoms with Crippen molar-refractivity contribution in [3.05, 3.63) is 0 Å². The van der Waals surface area contributed by atoms with Crippen LogP contribution in [0.15, 0.2) is 0 Å².